The van der Waals surface area contributed by atoms with Crippen molar-refractivity contribution in [2.24, 2.45) is 11.8 Å². The van der Waals surface area contributed by atoms with Crippen molar-refractivity contribution in [1.29, 1.82) is 0 Å². The third-order valence-electron chi connectivity index (χ3n) is 13.5. The number of fused-ring (bicyclic) bond motifs is 2. The number of rotatable bonds is 14. The smallest absolute Gasteiger partial charge is 0.164 e. The molecule has 1 fully saturated rings. The van der Waals surface area contributed by atoms with Crippen molar-refractivity contribution in [1.82, 2.24) is 10.3 Å². The Kier molecular flexibility index (Phi) is 12.2. The SMILES string of the molecule is CCc1ccc2ccccc2c1[C@@H]1C=C[C@@H]([C@H](Cc2cc[nH]c2)[C@H](O)[C@H]2CC[C@@H](O)[C@@](Cc3ccc(O)c(OC)c3)(c3cc(O)cc(CNC)c3)C2=O)c2ccc(O)c(OC)c21. The lowest BCUT2D eigenvalue weighted by Crippen LogP contribution is -2.57. The quantitative estimate of drug-likeness (QED) is 0.0537. The second-order valence-corrected chi connectivity index (χ2v) is 16.9. The topological polar surface area (TPSA) is 164 Å². The molecule has 10 heteroatoms. The normalized spacial score (nSPS) is 22.0. The van der Waals surface area contributed by atoms with Crippen LogP contribution in [-0.4, -0.2) is 69.8 Å². The summed E-state index contributed by atoms with van der Waals surface area (Å²) in [4.78, 5) is 18.9. The largest absolute Gasteiger partial charge is 0.508 e. The number of carbonyl (C=O) groups is 1. The van der Waals surface area contributed by atoms with Crippen molar-refractivity contribution < 1.29 is 39.8 Å². The number of phenolic OH excluding ortho intramolecular Hbond substituents is 3. The number of phenols is 3. The second kappa shape index (κ2) is 17.7. The van der Waals surface area contributed by atoms with Gasteiger partial charge in [-0.25, -0.2) is 0 Å². The van der Waals surface area contributed by atoms with Crippen molar-refractivity contribution >= 4 is 16.6 Å². The van der Waals surface area contributed by atoms with Crippen molar-refractivity contribution in [3.8, 4) is 28.7 Å². The van der Waals surface area contributed by atoms with Crippen LogP contribution in [0.3, 0.4) is 0 Å². The van der Waals surface area contributed by atoms with Crippen molar-refractivity contribution in [3.05, 3.63) is 160 Å². The number of aryl methyl sites for hydroxylation is 1. The van der Waals surface area contributed by atoms with Gasteiger partial charge < -0.3 is 45.3 Å². The van der Waals surface area contributed by atoms with Crippen LogP contribution in [0.4, 0.5) is 0 Å². The van der Waals surface area contributed by atoms with Crippen LogP contribution < -0.4 is 14.8 Å². The molecule has 0 bridgehead atoms. The molecule has 0 unspecified atom stereocenters. The Bertz CT molecular complexity index is 2600. The van der Waals surface area contributed by atoms with E-state index in [1.54, 1.807) is 44.5 Å². The van der Waals surface area contributed by atoms with Gasteiger partial charge in [0.2, 0.25) is 0 Å². The molecule has 8 rings (SSSR count). The van der Waals surface area contributed by atoms with Crippen molar-refractivity contribution in [2.75, 3.05) is 21.3 Å². The Morgan fingerprint density at radius 2 is 1.66 bits per heavy atom. The van der Waals surface area contributed by atoms with E-state index in [9.17, 15) is 25.5 Å². The summed E-state index contributed by atoms with van der Waals surface area (Å²) < 4.78 is 11.5. The molecule has 2 aliphatic rings. The number of aromatic hydroxyl groups is 3. The summed E-state index contributed by atoms with van der Waals surface area (Å²) in [5, 5.41) is 63.6. The number of aromatic nitrogens is 1. The fourth-order valence-electron chi connectivity index (χ4n) is 10.6. The highest BCUT2D eigenvalue weighted by Gasteiger charge is 2.55. The summed E-state index contributed by atoms with van der Waals surface area (Å²) in [5.74, 6) is -2.00. The molecule has 1 heterocycles. The molecule has 7 atom stereocenters. The van der Waals surface area contributed by atoms with Gasteiger partial charge in [-0.05, 0) is 131 Å². The van der Waals surface area contributed by atoms with Crippen molar-refractivity contribution in [3.63, 3.8) is 0 Å². The maximum atomic E-state index is 15.7. The average Bonchev–Trinajstić information content (AvgIpc) is 3.80. The van der Waals surface area contributed by atoms with E-state index in [-0.39, 0.29) is 54.0 Å². The Morgan fingerprint density at radius 3 is 2.40 bits per heavy atom. The lowest BCUT2D eigenvalue weighted by molar-refractivity contribution is -0.144. The molecule has 0 aliphatic heterocycles. The molecular weight excluding hydrogens is 781 g/mol. The van der Waals surface area contributed by atoms with E-state index in [4.69, 9.17) is 9.47 Å². The third-order valence-corrected chi connectivity index (χ3v) is 13.5. The van der Waals surface area contributed by atoms with Gasteiger partial charge in [-0.2, -0.15) is 0 Å². The minimum atomic E-state index is -1.59. The first-order valence-corrected chi connectivity index (χ1v) is 21.5. The van der Waals surface area contributed by atoms with Crippen LogP contribution >= 0.6 is 0 Å². The number of carbonyl (C=O) groups excluding carboxylic acids is 1. The van der Waals surface area contributed by atoms with E-state index in [2.05, 4.69) is 53.6 Å². The number of ether oxygens (including phenoxy) is 2. The maximum absolute atomic E-state index is 15.7. The molecule has 0 amide bonds. The number of aliphatic hydroxyl groups excluding tert-OH is 2. The molecule has 1 saturated carbocycles. The summed E-state index contributed by atoms with van der Waals surface area (Å²) in [6, 6.07) is 28.0. The number of methoxy groups -OCH3 is 2. The highest BCUT2D eigenvalue weighted by Crippen LogP contribution is 2.53. The average molecular weight is 837 g/mol. The number of hydrogen-bond donors (Lipinski definition) is 7. The van der Waals surface area contributed by atoms with E-state index in [1.807, 2.05) is 42.7 Å². The van der Waals surface area contributed by atoms with Gasteiger partial charge in [-0.3, -0.25) is 4.79 Å². The lowest BCUT2D eigenvalue weighted by atomic mass is 9.57. The standard InChI is InChI=1S/C52H56N2O8/c1-5-33-11-12-34-8-6-7-9-37(34)47(33)40-14-13-38(39-15-18-44(57)50(62-4)48(39)40)42(24-31-20-21-54-29-31)49(59)41-16-19-46(58)52(51(41)60,27-30-10-17-43(56)45(25-30)61-3)35-22-32(28-53-2)23-36(55)26-35/h6-15,17-18,20-23,25-26,29,38,40-42,46,49,53-59H,5,16,19,24,27-28H2,1-4H3/t38-,40+,41-,42+,46-,49-,52-/m1/s1. The fourth-order valence-corrected chi connectivity index (χ4v) is 10.6. The molecule has 322 valence electrons. The highest BCUT2D eigenvalue weighted by molar-refractivity contribution is 5.95. The minimum Gasteiger partial charge on any atom is -0.508 e. The molecule has 0 saturated heterocycles. The number of benzene rings is 5. The van der Waals surface area contributed by atoms with Gasteiger partial charge in [-0.15, -0.1) is 0 Å². The summed E-state index contributed by atoms with van der Waals surface area (Å²) in [6.45, 7) is 2.55. The zero-order valence-corrected chi connectivity index (χ0v) is 35.6. The molecular formula is C52H56N2O8. The fraction of sp³-hybridized carbons (Fsp3) is 0.327. The zero-order chi connectivity index (χ0) is 43.7. The molecule has 6 aromatic rings. The molecule has 0 spiro atoms. The van der Waals surface area contributed by atoms with Crippen LogP contribution in [0.5, 0.6) is 28.7 Å². The van der Waals surface area contributed by atoms with Crippen LogP contribution in [0.2, 0.25) is 0 Å². The molecule has 10 nitrogen and oxygen atoms in total. The van der Waals surface area contributed by atoms with Gasteiger partial charge >= 0.3 is 0 Å². The minimum absolute atomic E-state index is 0.0159. The van der Waals surface area contributed by atoms with Gasteiger partial charge in [0, 0.05) is 42.3 Å². The number of aliphatic hydroxyl groups is 2. The van der Waals surface area contributed by atoms with E-state index >= 15 is 4.79 Å². The van der Waals surface area contributed by atoms with E-state index in [0.29, 0.717) is 29.8 Å². The predicted molar refractivity (Wildman–Crippen MR) is 240 cm³/mol. The Morgan fingerprint density at radius 1 is 0.855 bits per heavy atom. The maximum Gasteiger partial charge on any atom is 0.164 e. The van der Waals surface area contributed by atoms with Gasteiger partial charge in [-0.1, -0.05) is 73.7 Å². The number of allylic oxidation sites excluding steroid dienone is 2. The van der Waals surface area contributed by atoms with Crippen LogP contribution in [-0.2, 0) is 36.0 Å². The highest BCUT2D eigenvalue weighted by atomic mass is 16.5. The van der Waals surface area contributed by atoms with E-state index in [1.165, 1.54) is 18.7 Å². The van der Waals surface area contributed by atoms with Gasteiger partial charge in [0.15, 0.2) is 28.8 Å². The Hall–Kier alpha value is -6.07. The summed E-state index contributed by atoms with van der Waals surface area (Å²) in [7, 11) is 4.81. The first-order chi connectivity index (χ1) is 30.0. The van der Waals surface area contributed by atoms with E-state index < -0.39 is 35.4 Å². The first-order valence-electron chi connectivity index (χ1n) is 21.5. The summed E-state index contributed by atoms with van der Waals surface area (Å²) in [5.41, 5.74) is 5.18. The molecule has 1 aromatic heterocycles. The van der Waals surface area contributed by atoms with E-state index in [0.717, 1.165) is 45.0 Å². The first kappa shape index (κ1) is 42.6. The molecule has 2 aliphatic carbocycles. The molecule has 0 radical (unpaired) electrons. The van der Waals surface area contributed by atoms with Crippen LogP contribution in [0.25, 0.3) is 10.8 Å². The van der Waals surface area contributed by atoms with Crippen molar-refractivity contribution in [2.45, 2.75) is 75.0 Å². The molecule has 62 heavy (non-hydrogen) atoms. The molecule has 7 N–H and O–H groups in total. The summed E-state index contributed by atoms with van der Waals surface area (Å²) in [6.07, 6.45) is 7.37. The van der Waals surface area contributed by atoms with Crippen LogP contribution in [0, 0.1) is 11.8 Å². The van der Waals surface area contributed by atoms with Crippen LogP contribution in [0.1, 0.15) is 76.1 Å². The van der Waals surface area contributed by atoms with Gasteiger partial charge in [0.05, 0.1) is 31.8 Å². The number of H-pyrrole nitrogens is 1. The zero-order valence-electron chi connectivity index (χ0n) is 35.6. The number of Topliss-reactive ketones (excluding diaryl/α,β-unsaturated/α-hetero) is 1. The monoisotopic (exact) mass is 836 g/mol. The Balaban J connectivity index is 1.27. The number of aromatic amines is 1. The number of ketones is 1. The molecule has 5 aromatic carbocycles. The number of hydrogen-bond acceptors (Lipinski definition) is 9. The Labute approximate surface area is 362 Å². The van der Waals surface area contributed by atoms with Gasteiger partial charge in [0.25, 0.3) is 0 Å². The van der Waals surface area contributed by atoms with Gasteiger partial charge in [0.1, 0.15) is 5.75 Å². The third kappa shape index (κ3) is 7.61. The summed E-state index contributed by atoms with van der Waals surface area (Å²) >= 11 is 0. The van der Waals surface area contributed by atoms with Crippen LogP contribution in [0.15, 0.2) is 116 Å². The lowest BCUT2D eigenvalue weighted by Gasteiger charge is -2.47. The number of nitrogens with one attached hydrogen (secondary N) is 2. The predicted octanol–water partition coefficient (Wildman–Crippen LogP) is 8.11. The second-order valence-electron chi connectivity index (χ2n) is 16.9.